The number of carbonyl (C=O) groups excluding carboxylic acids is 1. The van der Waals surface area contributed by atoms with Gasteiger partial charge < -0.3 is 4.90 Å². The van der Waals surface area contributed by atoms with Crippen LogP contribution in [-0.4, -0.2) is 26.4 Å². The van der Waals surface area contributed by atoms with E-state index in [4.69, 9.17) is 4.98 Å². The van der Waals surface area contributed by atoms with E-state index in [1.165, 1.54) is 0 Å². The Kier molecular flexibility index (Phi) is 5.75. The second-order valence-corrected chi connectivity index (χ2v) is 6.42. The number of nitrogens with zero attached hydrogens (tertiary/aromatic N) is 3. The van der Waals surface area contributed by atoms with E-state index in [9.17, 15) is 9.59 Å². The maximum Gasteiger partial charge on any atom is 0.261 e. The zero-order valence-electron chi connectivity index (χ0n) is 15.2. The van der Waals surface area contributed by atoms with Crippen molar-refractivity contribution in [1.82, 2.24) is 14.5 Å². The Bertz CT molecular complexity index is 780. The predicted molar refractivity (Wildman–Crippen MR) is 96.9 cm³/mol. The summed E-state index contributed by atoms with van der Waals surface area (Å²) < 4.78 is 1.59. The van der Waals surface area contributed by atoms with Crippen LogP contribution in [0.4, 0.5) is 0 Å². The summed E-state index contributed by atoms with van der Waals surface area (Å²) >= 11 is 0. The first kappa shape index (κ1) is 18.2. The summed E-state index contributed by atoms with van der Waals surface area (Å²) in [5, 5.41) is 0.606. The van der Waals surface area contributed by atoms with E-state index in [1.807, 2.05) is 50.8 Å². The van der Waals surface area contributed by atoms with Crippen LogP contribution in [0.2, 0.25) is 0 Å². The van der Waals surface area contributed by atoms with Gasteiger partial charge in [-0.2, -0.15) is 0 Å². The molecule has 2 aromatic rings. The number of hydrogen-bond donors (Lipinski definition) is 0. The van der Waals surface area contributed by atoms with Crippen molar-refractivity contribution in [1.29, 1.82) is 0 Å². The highest BCUT2D eigenvalue weighted by atomic mass is 16.2. The average Bonchev–Trinajstić information content (AvgIpc) is 2.56. The highest BCUT2D eigenvalue weighted by Gasteiger charge is 2.29. The number of fused-ring (bicyclic) bond motifs is 1. The minimum absolute atomic E-state index is 0.0531. The van der Waals surface area contributed by atoms with Gasteiger partial charge >= 0.3 is 0 Å². The zero-order valence-corrected chi connectivity index (χ0v) is 15.2. The minimum atomic E-state index is -0.202. The summed E-state index contributed by atoms with van der Waals surface area (Å²) in [7, 11) is 1.74. The molecule has 1 amide bonds. The van der Waals surface area contributed by atoms with Crippen LogP contribution in [0.5, 0.6) is 0 Å². The van der Waals surface area contributed by atoms with Crippen molar-refractivity contribution in [2.45, 2.75) is 59.0 Å². The monoisotopic (exact) mass is 329 g/mol. The fourth-order valence-corrected chi connectivity index (χ4v) is 3.20. The first-order valence-electron chi connectivity index (χ1n) is 8.69. The number of aromatic nitrogens is 2. The Morgan fingerprint density at radius 1 is 1.25 bits per heavy atom. The van der Waals surface area contributed by atoms with Gasteiger partial charge in [0.25, 0.3) is 5.56 Å². The number of benzene rings is 1. The lowest BCUT2D eigenvalue weighted by Crippen LogP contribution is -2.42. The standard InChI is InChI=1S/C19H27N3O2/c1-6-10-17(23)22(13(3)4)16(7-2)18-20-15-12-9-8-11-14(15)19(24)21(18)5/h8-9,11-13,16H,6-7,10H2,1-5H3. The first-order valence-corrected chi connectivity index (χ1v) is 8.69. The topological polar surface area (TPSA) is 55.2 Å². The highest BCUT2D eigenvalue weighted by molar-refractivity contribution is 5.78. The highest BCUT2D eigenvalue weighted by Crippen LogP contribution is 2.26. The van der Waals surface area contributed by atoms with Gasteiger partial charge in [-0.25, -0.2) is 4.98 Å². The second kappa shape index (κ2) is 7.60. The predicted octanol–water partition coefficient (Wildman–Crippen LogP) is 3.42. The number of amides is 1. The molecule has 0 aliphatic carbocycles. The molecule has 0 fully saturated rings. The SMILES string of the molecule is CCCC(=O)N(C(C)C)C(CC)c1nc2ccccc2c(=O)n1C. The van der Waals surface area contributed by atoms with Gasteiger partial charge in [0.2, 0.25) is 5.91 Å². The van der Waals surface area contributed by atoms with E-state index in [2.05, 4.69) is 0 Å². The third kappa shape index (κ3) is 3.35. The molecular formula is C19H27N3O2. The Hall–Kier alpha value is -2.17. The zero-order chi connectivity index (χ0) is 17.9. The second-order valence-electron chi connectivity index (χ2n) is 6.42. The molecule has 1 atom stereocenters. The average molecular weight is 329 g/mol. The van der Waals surface area contributed by atoms with Crippen LogP contribution < -0.4 is 5.56 Å². The molecule has 0 radical (unpaired) electrons. The van der Waals surface area contributed by atoms with E-state index in [0.29, 0.717) is 29.6 Å². The molecule has 0 bridgehead atoms. The van der Waals surface area contributed by atoms with Crippen molar-refractivity contribution in [2.24, 2.45) is 7.05 Å². The number of para-hydroxylation sites is 1. The molecular weight excluding hydrogens is 302 g/mol. The molecule has 5 nitrogen and oxygen atoms in total. The van der Waals surface area contributed by atoms with Crippen molar-refractivity contribution in [3.05, 3.63) is 40.4 Å². The summed E-state index contributed by atoms with van der Waals surface area (Å²) in [4.78, 5) is 31.9. The van der Waals surface area contributed by atoms with Crippen LogP contribution in [0.1, 0.15) is 58.8 Å². The molecule has 1 aromatic heterocycles. The molecule has 0 spiro atoms. The third-order valence-corrected chi connectivity index (χ3v) is 4.35. The molecule has 1 unspecified atom stereocenters. The van der Waals surface area contributed by atoms with E-state index < -0.39 is 0 Å². The number of carbonyl (C=O) groups is 1. The number of rotatable bonds is 6. The maximum atomic E-state index is 12.7. The van der Waals surface area contributed by atoms with Gasteiger partial charge in [-0.3, -0.25) is 14.2 Å². The van der Waals surface area contributed by atoms with E-state index in [1.54, 1.807) is 17.7 Å². The van der Waals surface area contributed by atoms with Crippen LogP contribution in [0, 0.1) is 0 Å². The lowest BCUT2D eigenvalue weighted by Gasteiger charge is -2.35. The van der Waals surface area contributed by atoms with Crippen molar-refractivity contribution in [2.75, 3.05) is 0 Å². The van der Waals surface area contributed by atoms with Crippen molar-refractivity contribution in [3.8, 4) is 0 Å². The molecule has 1 aromatic carbocycles. The van der Waals surface area contributed by atoms with E-state index in [0.717, 1.165) is 6.42 Å². The molecule has 24 heavy (non-hydrogen) atoms. The van der Waals surface area contributed by atoms with Crippen LogP contribution in [-0.2, 0) is 11.8 Å². The summed E-state index contributed by atoms with van der Waals surface area (Å²) in [5.41, 5.74) is 0.612. The fourth-order valence-electron chi connectivity index (χ4n) is 3.20. The molecule has 0 aliphatic rings. The van der Waals surface area contributed by atoms with Gasteiger partial charge in [0.05, 0.1) is 16.9 Å². The Morgan fingerprint density at radius 3 is 2.50 bits per heavy atom. The minimum Gasteiger partial charge on any atom is -0.330 e. The van der Waals surface area contributed by atoms with Gasteiger partial charge in [-0.15, -0.1) is 0 Å². The van der Waals surface area contributed by atoms with E-state index >= 15 is 0 Å². The largest absolute Gasteiger partial charge is 0.330 e. The van der Waals surface area contributed by atoms with Gasteiger partial charge in [0.1, 0.15) is 5.82 Å². The summed E-state index contributed by atoms with van der Waals surface area (Å²) in [5.74, 6) is 0.765. The summed E-state index contributed by atoms with van der Waals surface area (Å²) in [6.07, 6.45) is 2.03. The molecule has 0 N–H and O–H groups in total. The van der Waals surface area contributed by atoms with Crippen molar-refractivity contribution < 1.29 is 4.79 Å². The third-order valence-electron chi connectivity index (χ3n) is 4.35. The van der Waals surface area contributed by atoms with E-state index in [-0.39, 0.29) is 23.6 Å². The summed E-state index contributed by atoms with van der Waals surface area (Å²) in [6, 6.07) is 7.21. The van der Waals surface area contributed by atoms with Gasteiger partial charge in [-0.05, 0) is 38.8 Å². The Balaban J connectivity index is 2.61. The van der Waals surface area contributed by atoms with Gasteiger partial charge in [-0.1, -0.05) is 26.0 Å². The Morgan fingerprint density at radius 2 is 1.92 bits per heavy atom. The molecule has 0 saturated heterocycles. The lowest BCUT2D eigenvalue weighted by molar-refractivity contribution is -0.136. The molecule has 0 aliphatic heterocycles. The van der Waals surface area contributed by atoms with Crippen molar-refractivity contribution in [3.63, 3.8) is 0 Å². The quantitative estimate of drug-likeness (QED) is 0.816. The molecule has 1 heterocycles. The molecule has 0 saturated carbocycles. The van der Waals surface area contributed by atoms with Crippen LogP contribution in [0.15, 0.2) is 29.1 Å². The molecule has 5 heteroatoms. The summed E-state index contributed by atoms with van der Waals surface area (Å²) in [6.45, 7) is 8.05. The smallest absolute Gasteiger partial charge is 0.261 e. The van der Waals surface area contributed by atoms with Gasteiger partial charge in [0.15, 0.2) is 0 Å². The fraction of sp³-hybridized carbons (Fsp3) is 0.526. The molecule has 130 valence electrons. The molecule has 2 rings (SSSR count). The lowest BCUT2D eigenvalue weighted by atomic mass is 10.1. The number of hydrogen-bond acceptors (Lipinski definition) is 3. The van der Waals surface area contributed by atoms with Crippen LogP contribution in [0.3, 0.4) is 0 Å². The first-order chi connectivity index (χ1) is 11.4. The van der Waals surface area contributed by atoms with Crippen LogP contribution in [0.25, 0.3) is 10.9 Å². The van der Waals surface area contributed by atoms with Gasteiger partial charge in [0, 0.05) is 19.5 Å². The maximum absolute atomic E-state index is 12.7. The normalized spacial score (nSPS) is 12.6. The Labute approximate surface area is 143 Å². The van der Waals surface area contributed by atoms with Crippen LogP contribution >= 0.6 is 0 Å². The van der Waals surface area contributed by atoms with Crippen molar-refractivity contribution >= 4 is 16.8 Å².